The van der Waals surface area contributed by atoms with Crippen molar-refractivity contribution in [2.75, 3.05) is 11.9 Å². The standard InChI is InChI=1S/C13H13ClN4O3/c14-8-1-2-10(12(19)20)11(5-8)18-13(21)16-4-3-9-6-15-7-17-9/h1-2,5-7H,3-4H2,(H,15,17)(H,19,20)(H2,16,18,21). The van der Waals surface area contributed by atoms with Crippen LogP contribution < -0.4 is 10.6 Å². The lowest BCUT2D eigenvalue weighted by Gasteiger charge is -2.10. The van der Waals surface area contributed by atoms with Gasteiger partial charge in [-0.3, -0.25) is 0 Å². The predicted molar refractivity (Wildman–Crippen MR) is 77.7 cm³/mol. The molecule has 0 spiro atoms. The van der Waals surface area contributed by atoms with Crippen molar-refractivity contribution < 1.29 is 14.7 Å². The fourth-order valence-corrected chi connectivity index (χ4v) is 1.88. The molecule has 0 aliphatic rings. The molecule has 2 rings (SSSR count). The maximum absolute atomic E-state index is 11.7. The molecule has 4 N–H and O–H groups in total. The van der Waals surface area contributed by atoms with Gasteiger partial charge >= 0.3 is 12.0 Å². The second kappa shape index (κ2) is 6.76. The van der Waals surface area contributed by atoms with Crippen molar-refractivity contribution in [3.8, 4) is 0 Å². The molecular formula is C13H13ClN4O3. The molecule has 2 amide bonds. The molecule has 0 saturated carbocycles. The third-order valence-electron chi connectivity index (χ3n) is 2.69. The molecule has 110 valence electrons. The summed E-state index contributed by atoms with van der Waals surface area (Å²) in [6, 6.07) is 3.68. The van der Waals surface area contributed by atoms with Crippen LogP contribution in [-0.4, -0.2) is 33.6 Å². The van der Waals surface area contributed by atoms with E-state index in [2.05, 4.69) is 20.6 Å². The number of carboxylic acid groups (broad SMARTS) is 1. The van der Waals surface area contributed by atoms with E-state index in [1.165, 1.54) is 18.2 Å². The number of hydrogen-bond donors (Lipinski definition) is 4. The Morgan fingerprint density at radius 2 is 2.19 bits per heavy atom. The fraction of sp³-hybridized carbons (Fsp3) is 0.154. The number of imidazole rings is 1. The SMILES string of the molecule is O=C(NCCc1cnc[nH]1)Nc1cc(Cl)ccc1C(=O)O. The number of nitrogens with zero attached hydrogens (tertiary/aromatic N) is 1. The fourth-order valence-electron chi connectivity index (χ4n) is 1.70. The first-order chi connectivity index (χ1) is 10.1. The smallest absolute Gasteiger partial charge is 0.337 e. The molecule has 0 unspecified atom stereocenters. The van der Waals surface area contributed by atoms with E-state index >= 15 is 0 Å². The van der Waals surface area contributed by atoms with E-state index in [1.54, 1.807) is 12.5 Å². The van der Waals surface area contributed by atoms with Crippen LogP contribution in [0.25, 0.3) is 0 Å². The second-order valence-corrected chi connectivity index (χ2v) is 4.64. The van der Waals surface area contributed by atoms with Gasteiger partial charge in [0.1, 0.15) is 0 Å². The van der Waals surface area contributed by atoms with E-state index < -0.39 is 12.0 Å². The van der Waals surface area contributed by atoms with Crippen LogP contribution in [0.4, 0.5) is 10.5 Å². The highest BCUT2D eigenvalue weighted by Gasteiger charge is 2.12. The zero-order valence-electron chi connectivity index (χ0n) is 10.9. The van der Waals surface area contributed by atoms with Crippen LogP contribution in [-0.2, 0) is 6.42 Å². The van der Waals surface area contributed by atoms with Crippen LogP contribution in [0.3, 0.4) is 0 Å². The second-order valence-electron chi connectivity index (χ2n) is 4.20. The average Bonchev–Trinajstić information content (AvgIpc) is 2.91. The van der Waals surface area contributed by atoms with Crippen molar-refractivity contribution in [1.82, 2.24) is 15.3 Å². The molecule has 0 bridgehead atoms. The number of benzene rings is 1. The number of nitrogens with one attached hydrogen (secondary N) is 3. The van der Waals surface area contributed by atoms with Gasteiger partial charge in [-0.05, 0) is 18.2 Å². The van der Waals surface area contributed by atoms with Gasteiger partial charge in [0.05, 0.1) is 17.6 Å². The monoisotopic (exact) mass is 308 g/mol. The Morgan fingerprint density at radius 1 is 1.38 bits per heavy atom. The Morgan fingerprint density at radius 3 is 2.86 bits per heavy atom. The topological polar surface area (TPSA) is 107 Å². The summed E-state index contributed by atoms with van der Waals surface area (Å²) in [6.45, 7) is 0.386. The summed E-state index contributed by atoms with van der Waals surface area (Å²) in [5, 5.41) is 14.5. The molecule has 21 heavy (non-hydrogen) atoms. The lowest BCUT2D eigenvalue weighted by molar-refractivity contribution is 0.0698. The van der Waals surface area contributed by atoms with Crippen LogP contribution in [0.2, 0.25) is 5.02 Å². The zero-order valence-corrected chi connectivity index (χ0v) is 11.6. The van der Waals surface area contributed by atoms with Gasteiger partial charge in [0.15, 0.2) is 0 Å². The Balaban J connectivity index is 1.93. The summed E-state index contributed by atoms with van der Waals surface area (Å²) in [7, 11) is 0. The maximum Gasteiger partial charge on any atom is 0.337 e. The molecule has 0 radical (unpaired) electrons. The highest BCUT2D eigenvalue weighted by Crippen LogP contribution is 2.21. The number of carbonyl (C=O) groups excluding carboxylic acids is 1. The number of carboxylic acids is 1. The van der Waals surface area contributed by atoms with Crippen molar-refractivity contribution in [2.45, 2.75) is 6.42 Å². The minimum absolute atomic E-state index is 0.0249. The summed E-state index contributed by atoms with van der Waals surface area (Å²) >= 11 is 5.80. The van der Waals surface area contributed by atoms with Crippen LogP contribution in [0.5, 0.6) is 0 Å². The number of carbonyl (C=O) groups is 2. The summed E-state index contributed by atoms with van der Waals surface area (Å²) in [5.74, 6) is -1.14. The number of halogens is 1. The van der Waals surface area contributed by atoms with Crippen LogP contribution >= 0.6 is 11.6 Å². The number of amides is 2. The van der Waals surface area contributed by atoms with E-state index in [0.29, 0.717) is 18.0 Å². The molecule has 1 aromatic carbocycles. The highest BCUT2D eigenvalue weighted by molar-refractivity contribution is 6.31. The van der Waals surface area contributed by atoms with Crippen molar-refractivity contribution in [1.29, 1.82) is 0 Å². The molecule has 1 heterocycles. The molecule has 0 atom stereocenters. The molecule has 2 aromatic rings. The van der Waals surface area contributed by atoms with Crippen LogP contribution in [0, 0.1) is 0 Å². The maximum atomic E-state index is 11.7. The summed E-state index contributed by atoms with van der Waals surface area (Å²) in [5.41, 5.74) is 1.02. The molecule has 0 fully saturated rings. The molecule has 0 aliphatic heterocycles. The van der Waals surface area contributed by atoms with Crippen molar-refractivity contribution in [3.63, 3.8) is 0 Å². The molecule has 8 heteroatoms. The number of H-pyrrole nitrogens is 1. The Kier molecular flexibility index (Phi) is 4.78. The highest BCUT2D eigenvalue weighted by atomic mass is 35.5. The number of aromatic carboxylic acids is 1. The summed E-state index contributed by atoms with van der Waals surface area (Å²) < 4.78 is 0. The molecular weight excluding hydrogens is 296 g/mol. The van der Waals surface area contributed by atoms with Gasteiger partial charge in [0.25, 0.3) is 0 Å². The number of hydrogen-bond acceptors (Lipinski definition) is 3. The zero-order chi connectivity index (χ0) is 15.2. The summed E-state index contributed by atoms with van der Waals surface area (Å²) in [6.07, 6.45) is 3.81. The third kappa shape index (κ3) is 4.22. The van der Waals surface area contributed by atoms with Gasteiger partial charge in [-0.15, -0.1) is 0 Å². The first-order valence-electron chi connectivity index (χ1n) is 6.11. The van der Waals surface area contributed by atoms with Crippen LogP contribution in [0.15, 0.2) is 30.7 Å². The largest absolute Gasteiger partial charge is 0.478 e. The Bertz CT molecular complexity index is 643. The van der Waals surface area contributed by atoms with Crippen molar-refractivity contribution >= 4 is 29.3 Å². The van der Waals surface area contributed by atoms with E-state index in [-0.39, 0.29) is 11.3 Å². The predicted octanol–water partition coefficient (Wildman–Crippen LogP) is 2.13. The van der Waals surface area contributed by atoms with Crippen molar-refractivity contribution in [3.05, 3.63) is 47.0 Å². The van der Waals surface area contributed by atoms with Crippen molar-refractivity contribution in [2.24, 2.45) is 0 Å². The summed E-state index contributed by atoms with van der Waals surface area (Å²) in [4.78, 5) is 29.6. The van der Waals surface area contributed by atoms with E-state index in [4.69, 9.17) is 16.7 Å². The normalized spacial score (nSPS) is 10.1. The van der Waals surface area contributed by atoms with E-state index in [0.717, 1.165) is 5.69 Å². The molecule has 7 nitrogen and oxygen atoms in total. The lowest BCUT2D eigenvalue weighted by Crippen LogP contribution is -2.31. The Labute approximate surface area is 125 Å². The van der Waals surface area contributed by atoms with Gasteiger partial charge in [0, 0.05) is 29.9 Å². The number of aromatic nitrogens is 2. The quantitative estimate of drug-likeness (QED) is 0.678. The Hall–Kier alpha value is -2.54. The van der Waals surface area contributed by atoms with Gasteiger partial charge in [-0.1, -0.05) is 11.6 Å². The van der Waals surface area contributed by atoms with Crippen LogP contribution in [0.1, 0.15) is 16.1 Å². The molecule has 0 saturated heterocycles. The van der Waals surface area contributed by atoms with Gasteiger partial charge in [0.2, 0.25) is 0 Å². The molecule has 0 aliphatic carbocycles. The van der Waals surface area contributed by atoms with E-state index in [9.17, 15) is 9.59 Å². The molecule has 1 aromatic heterocycles. The van der Waals surface area contributed by atoms with Gasteiger partial charge in [-0.2, -0.15) is 0 Å². The van der Waals surface area contributed by atoms with Gasteiger partial charge in [-0.25, -0.2) is 14.6 Å². The number of aromatic amines is 1. The number of rotatable bonds is 5. The van der Waals surface area contributed by atoms with E-state index in [1.807, 2.05) is 0 Å². The minimum atomic E-state index is -1.14. The first-order valence-corrected chi connectivity index (χ1v) is 6.49. The third-order valence-corrected chi connectivity index (χ3v) is 2.93. The number of anilines is 1. The minimum Gasteiger partial charge on any atom is -0.478 e. The lowest BCUT2D eigenvalue weighted by atomic mass is 10.2. The average molecular weight is 309 g/mol. The number of urea groups is 1. The first kappa shape index (κ1) is 14.9. The van der Waals surface area contributed by atoms with Gasteiger partial charge < -0.3 is 20.7 Å².